The van der Waals surface area contributed by atoms with Crippen LogP contribution in [0.15, 0.2) is 47.5 Å². The fourth-order valence-electron chi connectivity index (χ4n) is 3.93. The van der Waals surface area contributed by atoms with Gasteiger partial charge in [0.05, 0.1) is 15.9 Å². The molecule has 1 unspecified atom stereocenters. The number of fused-ring (bicyclic) bond motifs is 1. The molecule has 0 spiro atoms. The zero-order valence-corrected chi connectivity index (χ0v) is 16.1. The van der Waals surface area contributed by atoms with Crippen LogP contribution in [-0.2, 0) is 13.1 Å². The van der Waals surface area contributed by atoms with Gasteiger partial charge < -0.3 is 9.13 Å². The van der Waals surface area contributed by atoms with Crippen molar-refractivity contribution < 1.29 is 4.39 Å². The molecule has 6 heteroatoms. The Morgan fingerprint density at radius 2 is 1.85 bits per heavy atom. The van der Waals surface area contributed by atoms with Crippen LogP contribution < -0.4 is 5.56 Å². The standard InChI is InChI=1S/C21H23ClFN3O/c1-15(24-8-2-3-9-24)13-26-11-7-20-17(21(26)27)6-10-25(20)14-16-4-5-19(23)18(22)12-16/h4-7,10-12,15H,2-3,8-9,13-14H2,1H3. The molecule has 0 saturated carbocycles. The molecule has 1 aliphatic heterocycles. The highest BCUT2D eigenvalue weighted by Crippen LogP contribution is 2.19. The van der Waals surface area contributed by atoms with E-state index in [1.54, 1.807) is 12.1 Å². The largest absolute Gasteiger partial charge is 0.343 e. The molecule has 0 bridgehead atoms. The third kappa shape index (κ3) is 3.66. The number of pyridine rings is 1. The van der Waals surface area contributed by atoms with E-state index in [1.165, 1.54) is 18.9 Å². The van der Waals surface area contributed by atoms with Crippen LogP contribution in [0.4, 0.5) is 4.39 Å². The van der Waals surface area contributed by atoms with Gasteiger partial charge in [-0.2, -0.15) is 0 Å². The first kappa shape index (κ1) is 18.3. The van der Waals surface area contributed by atoms with Crippen molar-refractivity contribution >= 4 is 22.5 Å². The van der Waals surface area contributed by atoms with Gasteiger partial charge in [-0.3, -0.25) is 9.69 Å². The lowest BCUT2D eigenvalue weighted by Crippen LogP contribution is -2.36. The molecule has 3 heterocycles. The third-order valence-electron chi connectivity index (χ3n) is 5.47. The SMILES string of the molecule is CC(Cn1ccc2c(ccn2Cc2ccc(F)c(Cl)c2)c1=O)N1CCCC1. The van der Waals surface area contributed by atoms with Crippen molar-refractivity contribution in [1.29, 1.82) is 0 Å². The number of halogens is 2. The molecule has 1 saturated heterocycles. The van der Waals surface area contributed by atoms with Gasteiger partial charge in [-0.25, -0.2) is 4.39 Å². The molecule has 27 heavy (non-hydrogen) atoms. The lowest BCUT2D eigenvalue weighted by molar-refractivity contribution is 0.234. The van der Waals surface area contributed by atoms with Crippen molar-refractivity contribution in [3.63, 3.8) is 0 Å². The molecular formula is C21H23ClFN3O. The molecule has 0 radical (unpaired) electrons. The van der Waals surface area contributed by atoms with Crippen LogP contribution in [0.5, 0.6) is 0 Å². The average Bonchev–Trinajstić information content (AvgIpc) is 3.31. The number of aromatic nitrogens is 2. The van der Waals surface area contributed by atoms with Gasteiger partial charge in [0.2, 0.25) is 0 Å². The summed E-state index contributed by atoms with van der Waals surface area (Å²) in [6.45, 7) is 5.67. The monoisotopic (exact) mass is 387 g/mol. The summed E-state index contributed by atoms with van der Waals surface area (Å²) in [4.78, 5) is 15.3. The van der Waals surface area contributed by atoms with E-state index in [9.17, 15) is 9.18 Å². The number of hydrogen-bond acceptors (Lipinski definition) is 2. The number of nitrogens with zero attached hydrogens (tertiary/aromatic N) is 3. The van der Waals surface area contributed by atoms with Crippen molar-refractivity contribution in [1.82, 2.24) is 14.0 Å². The van der Waals surface area contributed by atoms with Crippen LogP contribution >= 0.6 is 11.6 Å². The van der Waals surface area contributed by atoms with Crippen LogP contribution in [0, 0.1) is 5.82 Å². The molecule has 1 aliphatic rings. The van der Waals surface area contributed by atoms with Gasteiger partial charge >= 0.3 is 0 Å². The Morgan fingerprint density at radius 3 is 2.59 bits per heavy atom. The highest BCUT2D eigenvalue weighted by molar-refractivity contribution is 6.30. The van der Waals surface area contributed by atoms with E-state index in [0.29, 0.717) is 24.5 Å². The molecular weight excluding hydrogens is 365 g/mol. The van der Waals surface area contributed by atoms with Crippen LogP contribution in [0.2, 0.25) is 5.02 Å². The van der Waals surface area contributed by atoms with Crippen LogP contribution in [0.3, 0.4) is 0 Å². The number of hydrogen-bond donors (Lipinski definition) is 0. The predicted octanol–water partition coefficient (Wildman–Crippen LogP) is 4.13. The fraction of sp³-hybridized carbons (Fsp3) is 0.381. The van der Waals surface area contributed by atoms with Crippen LogP contribution in [0.1, 0.15) is 25.3 Å². The van der Waals surface area contributed by atoms with E-state index in [0.717, 1.165) is 24.2 Å². The predicted molar refractivity (Wildman–Crippen MR) is 107 cm³/mol. The number of benzene rings is 1. The zero-order chi connectivity index (χ0) is 19.0. The molecule has 0 aliphatic carbocycles. The summed E-state index contributed by atoms with van der Waals surface area (Å²) in [6, 6.07) is 8.91. The maximum Gasteiger partial charge on any atom is 0.260 e. The molecule has 4 rings (SSSR count). The van der Waals surface area contributed by atoms with Gasteiger partial charge in [-0.1, -0.05) is 17.7 Å². The molecule has 142 valence electrons. The fourth-order valence-corrected chi connectivity index (χ4v) is 4.14. The smallest absolute Gasteiger partial charge is 0.260 e. The van der Waals surface area contributed by atoms with Gasteiger partial charge in [-0.05, 0) is 62.7 Å². The Morgan fingerprint density at radius 1 is 1.11 bits per heavy atom. The first-order valence-corrected chi connectivity index (χ1v) is 9.77. The van der Waals surface area contributed by atoms with E-state index < -0.39 is 5.82 Å². The van der Waals surface area contributed by atoms with Gasteiger partial charge in [0.25, 0.3) is 5.56 Å². The maximum absolute atomic E-state index is 13.4. The molecule has 0 amide bonds. The summed E-state index contributed by atoms with van der Waals surface area (Å²) < 4.78 is 17.2. The summed E-state index contributed by atoms with van der Waals surface area (Å²) in [5.41, 5.74) is 1.81. The highest BCUT2D eigenvalue weighted by Gasteiger charge is 2.19. The summed E-state index contributed by atoms with van der Waals surface area (Å²) >= 11 is 5.88. The number of rotatable bonds is 5. The minimum atomic E-state index is -0.423. The Kier molecular flexibility index (Phi) is 5.06. The van der Waals surface area contributed by atoms with E-state index >= 15 is 0 Å². The third-order valence-corrected chi connectivity index (χ3v) is 5.76. The Hall–Kier alpha value is -2.11. The van der Waals surface area contributed by atoms with Crippen LogP contribution in [0.25, 0.3) is 10.9 Å². The van der Waals surface area contributed by atoms with Crippen LogP contribution in [-0.4, -0.2) is 33.2 Å². The van der Waals surface area contributed by atoms with Gasteiger partial charge in [-0.15, -0.1) is 0 Å². The second-order valence-corrected chi connectivity index (χ2v) is 7.76. The molecule has 1 atom stereocenters. The van der Waals surface area contributed by atoms with E-state index in [-0.39, 0.29) is 10.6 Å². The van der Waals surface area contributed by atoms with Crippen molar-refractivity contribution in [2.45, 2.75) is 38.9 Å². The normalized spacial score (nSPS) is 16.3. The maximum atomic E-state index is 13.4. The van der Waals surface area contributed by atoms with Crippen molar-refractivity contribution in [3.05, 3.63) is 69.5 Å². The van der Waals surface area contributed by atoms with E-state index in [1.807, 2.05) is 33.7 Å². The lowest BCUT2D eigenvalue weighted by atomic mass is 10.2. The zero-order valence-electron chi connectivity index (χ0n) is 15.4. The lowest BCUT2D eigenvalue weighted by Gasteiger charge is -2.24. The summed E-state index contributed by atoms with van der Waals surface area (Å²) in [5.74, 6) is -0.423. The molecule has 3 aromatic rings. The second-order valence-electron chi connectivity index (χ2n) is 7.36. The average molecular weight is 388 g/mol. The minimum Gasteiger partial charge on any atom is -0.343 e. The molecule has 1 fully saturated rings. The van der Waals surface area contributed by atoms with E-state index in [2.05, 4.69) is 11.8 Å². The topological polar surface area (TPSA) is 30.2 Å². The Labute approximate surface area is 162 Å². The minimum absolute atomic E-state index is 0.0365. The first-order valence-electron chi connectivity index (χ1n) is 9.39. The Bertz CT molecular complexity index is 1020. The van der Waals surface area contributed by atoms with E-state index in [4.69, 9.17) is 11.6 Å². The first-order chi connectivity index (χ1) is 13.0. The summed E-state index contributed by atoms with van der Waals surface area (Å²) in [6.07, 6.45) is 6.27. The molecule has 2 aromatic heterocycles. The van der Waals surface area contributed by atoms with Gasteiger partial charge in [0.15, 0.2) is 0 Å². The number of likely N-dealkylation sites (tertiary alicyclic amines) is 1. The highest BCUT2D eigenvalue weighted by atomic mass is 35.5. The summed E-state index contributed by atoms with van der Waals surface area (Å²) in [5, 5.41) is 0.821. The van der Waals surface area contributed by atoms with Crippen molar-refractivity contribution in [2.75, 3.05) is 13.1 Å². The van der Waals surface area contributed by atoms with Gasteiger partial charge in [0.1, 0.15) is 5.82 Å². The summed E-state index contributed by atoms with van der Waals surface area (Å²) in [7, 11) is 0. The van der Waals surface area contributed by atoms with Crippen molar-refractivity contribution in [2.24, 2.45) is 0 Å². The second kappa shape index (κ2) is 7.49. The Balaban J connectivity index is 1.59. The quantitative estimate of drug-likeness (QED) is 0.659. The molecule has 4 nitrogen and oxygen atoms in total. The van der Waals surface area contributed by atoms with Crippen molar-refractivity contribution in [3.8, 4) is 0 Å². The molecule has 1 aromatic carbocycles. The molecule has 0 N–H and O–H groups in total. The van der Waals surface area contributed by atoms with Gasteiger partial charge in [0, 0.05) is 31.5 Å².